The minimum atomic E-state index is -0.413. The number of nitrogens with zero attached hydrogens (tertiary/aromatic N) is 4. The van der Waals surface area contributed by atoms with E-state index >= 15 is 0 Å². The van der Waals surface area contributed by atoms with Crippen LogP contribution in [0.2, 0.25) is 0 Å². The summed E-state index contributed by atoms with van der Waals surface area (Å²) in [5.41, 5.74) is 3.53. The highest BCUT2D eigenvalue weighted by Gasteiger charge is 2.51. The molecule has 0 amide bonds. The predicted octanol–water partition coefficient (Wildman–Crippen LogP) is 8.03. The van der Waals surface area contributed by atoms with Crippen LogP contribution < -0.4 is 5.46 Å². The minimum absolute atomic E-state index is 0.394. The summed E-state index contributed by atoms with van der Waals surface area (Å²) in [7, 11) is -0.413. The van der Waals surface area contributed by atoms with E-state index < -0.39 is 18.3 Å². The third-order valence-corrected chi connectivity index (χ3v) is 8.53. The van der Waals surface area contributed by atoms with Crippen LogP contribution in [0.25, 0.3) is 60.6 Å². The molecule has 1 aliphatic rings. The summed E-state index contributed by atoms with van der Waals surface area (Å²) in [6.45, 7) is 15.6. The molecule has 0 spiro atoms. The van der Waals surface area contributed by atoms with Crippen LogP contribution in [0, 0.1) is 6.57 Å². The van der Waals surface area contributed by atoms with Crippen LogP contribution in [0.4, 0.5) is 5.69 Å². The number of hydrogen-bond donors (Lipinski definition) is 0. The van der Waals surface area contributed by atoms with Crippen LogP contribution in [-0.4, -0.2) is 33.3 Å². The molecule has 6 aromatic rings. The molecule has 1 aliphatic heterocycles. The third kappa shape index (κ3) is 4.95. The second-order valence-electron chi connectivity index (χ2n) is 11.9. The molecule has 7 rings (SSSR count). The van der Waals surface area contributed by atoms with Crippen LogP contribution in [0.3, 0.4) is 0 Å². The van der Waals surface area contributed by atoms with Crippen LogP contribution in [0.15, 0.2) is 103 Å². The summed E-state index contributed by atoms with van der Waals surface area (Å²) in [6, 6.07) is 34.3. The fraction of sp³-hybridized carbons (Fsp3) is 0.167. The molecular formula is C36H29BN4O2. The molecule has 43 heavy (non-hydrogen) atoms. The van der Waals surface area contributed by atoms with E-state index in [0.29, 0.717) is 23.2 Å². The Morgan fingerprint density at radius 3 is 1.63 bits per heavy atom. The Hall–Kier alpha value is -4.90. The number of rotatable bonds is 4. The lowest BCUT2D eigenvalue weighted by Gasteiger charge is -2.32. The Balaban J connectivity index is 1.30. The van der Waals surface area contributed by atoms with Crippen molar-refractivity contribution in [2.24, 2.45) is 0 Å². The van der Waals surface area contributed by atoms with Crippen molar-refractivity contribution in [3.05, 3.63) is 115 Å². The van der Waals surface area contributed by atoms with Gasteiger partial charge in [-0.3, -0.25) is 0 Å². The molecule has 5 aromatic carbocycles. The van der Waals surface area contributed by atoms with Crippen LogP contribution in [-0.2, 0) is 9.31 Å². The molecule has 0 saturated carbocycles. The third-order valence-electron chi connectivity index (χ3n) is 8.53. The molecule has 2 heterocycles. The van der Waals surface area contributed by atoms with Gasteiger partial charge in [0, 0.05) is 16.7 Å². The largest absolute Gasteiger partial charge is 0.494 e. The van der Waals surface area contributed by atoms with Crippen molar-refractivity contribution in [1.29, 1.82) is 0 Å². The highest BCUT2D eigenvalue weighted by Crippen LogP contribution is 2.37. The smallest absolute Gasteiger partial charge is 0.399 e. The lowest BCUT2D eigenvalue weighted by molar-refractivity contribution is 0.00578. The molecule has 0 bridgehead atoms. The highest BCUT2D eigenvalue weighted by molar-refractivity contribution is 6.62. The zero-order valence-corrected chi connectivity index (χ0v) is 24.5. The van der Waals surface area contributed by atoms with E-state index in [4.69, 9.17) is 30.8 Å². The summed E-state index contributed by atoms with van der Waals surface area (Å²) in [4.78, 5) is 18.3. The summed E-state index contributed by atoms with van der Waals surface area (Å²) in [6.07, 6.45) is 0. The fourth-order valence-electron chi connectivity index (χ4n) is 5.32. The Kier molecular flexibility index (Phi) is 6.35. The Labute approximate surface area is 251 Å². The van der Waals surface area contributed by atoms with Gasteiger partial charge in [-0.05, 0) is 72.9 Å². The molecule has 0 unspecified atom stereocenters. The Morgan fingerprint density at radius 1 is 0.558 bits per heavy atom. The van der Waals surface area contributed by atoms with Crippen molar-refractivity contribution in [1.82, 2.24) is 15.0 Å². The lowest BCUT2D eigenvalue weighted by Crippen LogP contribution is -2.41. The quantitative estimate of drug-likeness (QED) is 0.161. The SMILES string of the molecule is [C-]#[N+]c1ccc2cc(-c3nc(-c4ccccc4)nc(-c4ccc5cc(B6OC(C)(C)C(C)(C)O6)ccc5c4)n3)ccc2c1. The van der Waals surface area contributed by atoms with Crippen molar-refractivity contribution < 1.29 is 9.31 Å². The molecule has 0 radical (unpaired) electrons. The summed E-state index contributed by atoms with van der Waals surface area (Å²) < 4.78 is 12.6. The van der Waals surface area contributed by atoms with Gasteiger partial charge >= 0.3 is 7.12 Å². The van der Waals surface area contributed by atoms with Gasteiger partial charge in [0.2, 0.25) is 0 Å². The Bertz CT molecular complexity index is 2050. The predicted molar refractivity (Wildman–Crippen MR) is 173 cm³/mol. The molecule has 0 aliphatic carbocycles. The van der Waals surface area contributed by atoms with Gasteiger partial charge in [0.05, 0.1) is 17.8 Å². The first kappa shape index (κ1) is 27.0. The topological polar surface area (TPSA) is 61.5 Å². The van der Waals surface area contributed by atoms with Gasteiger partial charge in [-0.1, -0.05) is 84.9 Å². The maximum atomic E-state index is 7.32. The van der Waals surface area contributed by atoms with E-state index in [1.54, 1.807) is 0 Å². The lowest BCUT2D eigenvalue weighted by atomic mass is 9.78. The molecule has 1 aromatic heterocycles. The molecule has 6 nitrogen and oxygen atoms in total. The molecule has 1 saturated heterocycles. The van der Waals surface area contributed by atoms with Crippen LogP contribution in [0.5, 0.6) is 0 Å². The van der Waals surface area contributed by atoms with E-state index in [1.165, 1.54) is 0 Å². The maximum Gasteiger partial charge on any atom is 0.494 e. The van der Waals surface area contributed by atoms with Crippen LogP contribution >= 0.6 is 0 Å². The normalized spacial score (nSPS) is 15.6. The summed E-state index contributed by atoms with van der Waals surface area (Å²) in [5.74, 6) is 1.81. The molecule has 7 heteroatoms. The highest BCUT2D eigenvalue weighted by atomic mass is 16.7. The van der Waals surface area contributed by atoms with Crippen LogP contribution in [0.1, 0.15) is 27.7 Å². The first-order valence-electron chi connectivity index (χ1n) is 14.3. The van der Waals surface area contributed by atoms with Gasteiger partial charge in [0.25, 0.3) is 0 Å². The van der Waals surface area contributed by atoms with Gasteiger partial charge in [0.1, 0.15) is 0 Å². The fourth-order valence-corrected chi connectivity index (χ4v) is 5.32. The molecule has 1 fully saturated rings. The van der Waals surface area contributed by atoms with Gasteiger partial charge in [0.15, 0.2) is 23.2 Å². The first-order valence-corrected chi connectivity index (χ1v) is 14.3. The van der Waals surface area contributed by atoms with Crippen molar-refractivity contribution in [2.75, 3.05) is 0 Å². The Morgan fingerprint density at radius 2 is 1.05 bits per heavy atom. The number of hydrogen-bond acceptors (Lipinski definition) is 5. The van der Waals surface area contributed by atoms with E-state index in [1.807, 2.05) is 60.7 Å². The van der Waals surface area contributed by atoms with E-state index in [0.717, 1.165) is 43.7 Å². The van der Waals surface area contributed by atoms with E-state index in [-0.39, 0.29) is 0 Å². The van der Waals surface area contributed by atoms with Crippen molar-refractivity contribution in [3.63, 3.8) is 0 Å². The van der Waals surface area contributed by atoms with Gasteiger partial charge < -0.3 is 9.31 Å². The molecular weight excluding hydrogens is 531 g/mol. The zero-order chi connectivity index (χ0) is 29.8. The monoisotopic (exact) mass is 560 g/mol. The number of benzene rings is 5. The standard InChI is InChI=1S/C36H29BN4O2/c1-35(2)36(3,4)43-37(42-35)30-17-15-24-19-28(13-11-26(24)21-30)33-39-32(23-9-7-6-8-10-23)40-34(41-33)29-14-12-27-22-31(38-5)18-16-25(27)20-29/h6-22H,1-4H3. The molecule has 0 N–H and O–H groups in total. The average molecular weight is 560 g/mol. The summed E-state index contributed by atoms with van der Waals surface area (Å²) >= 11 is 0. The summed E-state index contributed by atoms with van der Waals surface area (Å²) in [5, 5.41) is 4.19. The maximum absolute atomic E-state index is 7.32. The van der Waals surface area contributed by atoms with Crippen molar-refractivity contribution in [2.45, 2.75) is 38.9 Å². The van der Waals surface area contributed by atoms with Crippen molar-refractivity contribution in [3.8, 4) is 34.2 Å². The molecule has 208 valence electrons. The second-order valence-corrected chi connectivity index (χ2v) is 11.9. The van der Waals surface area contributed by atoms with Gasteiger partial charge in [-0.2, -0.15) is 0 Å². The molecule has 0 atom stereocenters. The minimum Gasteiger partial charge on any atom is -0.399 e. The first-order chi connectivity index (χ1) is 20.7. The average Bonchev–Trinajstić information content (AvgIpc) is 3.26. The van der Waals surface area contributed by atoms with E-state index in [2.05, 4.69) is 75.0 Å². The number of aromatic nitrogens is 3. The van der Waals surface area contributed by atoms with Gasteiger partial charge in [-0.15, -0.1) is 0 Å². The van der Waals surface area contributed by atoms with Gasteiger partial charge in [-0.25, -0.2) is 19.8 Å². The number of fused-ring (bicyclic) bond motifs is 2. The van der Waals surface area contributed by atoms with E-state index in [9.17, 15) is 0 Å². The second kappa shape index (κ2) is 10.1. The zero-order valence-electron chi connectivity index (χ0n) is 24.5. The van der Waals surface area contributed by atoms with Crippen molar-refractivity contribution >= 4 is 39.8 Å².